The van der Waals surface area contributed by atoms with Crippen LogP contribution >= 0.6 is 11.6 Å². The Hall–Kier alpha value is -5.45. The first-order valence-electron chi connectivity index (χ1n) is 14.1. The van der Waals surface area contributed by atoms with E-state index in [0.29, 0.717) is 45.4 Å². The lowest BCUT2D eigenvalue weighted by Crippen LogP contribution is -2.03. The number of rotatable bonds is 12. The standard InChI is InChI=1S/C37H29ClN2O5/c1-24-28(23-45-37-18-36(29(21-42)17-35(37)38)44-22-26-16-30(39-3)20-40-19-26)6-4-8-33(24)34-9-5-7-32(25(34)2)27-10-12-31(13-11-27)43-15-14-41/h4-14,16-21H,15,22-23H2,1-2H3. The molecular formula is C37H29ClN2O5. The molecule has 0 amide bonds. The highest BCUT2D eigenvalue weighted by Gasteiger charge is 2.15. The van der Waals surface area contributed by atoms with E-state index in [1.54, 1.807) is 18.3 Å². The van der Waals surface area contributed by atoms with Gasteiger partial charge in [-0.25, -0.2) is 4.85 Å². The van der Waals surface area contributed by atoms with Crippen LogP contribution in [-0.4, -0.2) is 24.2 Å². The zero-order valence-corrected chi connectivity index (χ0v) is 25.5. The minimum absolute atomic E-state index is 0.0241. The van der Waals surface area contributed by atoms with Gasteiger partial charge in [-0.3, -0.25) is 14.6 Å². The van der Waals surface area contributed by atoms with Gasteiger partial charge in [-0.15, -0.1) is 0 Å². The molecule has 0 bridgehead atoms. The van der Waals surface area contributed by atoms with Crippen molar-refractivity contribution in [1.82, 2.24) is 4.98 Å². The second-order valence-electron chi connectivity index (χ2n) is 10.2. The van der Waals surface area contributed by atoms with E-state index in [9.17, 15) is 9.59 Å². The summed E-state index contributed by atoms with van der Waals surface area (Å²) in [4.78, 5) is 29.8. The fourth-order valence-electron chi connectivity index (χ4n) is 5.04. The summed E-state index contributed by atoms with van der Waals surface area (Å²) >= 11 is 6.50. The molecule has 224 valence electrons. The molecule has 5 rings (SSSR count). The minimum atomic E-state index is 0.0241. The highest BCUT2D eigenvalue weighted by atomic mass is 35.5. The van der Waals surface area contributed by atoms with Gasteiger partial charge in [-0.1, -0.05) is 60.1 Å². The van der Waals surface area contributed by atoms with E-state index >= 15 is 0 Å². The minimum Gasteiger partial charge on any atom is -0.488 e. The molecule has 0 spiro atoms. The largest absolute Gasteiger partial charge is 0.488 e. The van der Waals surface area contributed by atoms with Crippen molar-refractivity contribution in [2.45, 2.75) is 27.1 Å². The van der Waals surface area contributed by atoms with Crippen LogP contribution in [0.25, 0.3) is 27.1 Å². The first kappa shape index (κ1) is 31.0. The van der Waals surface area contributed by atoms with Gasteiger partial charge in [0.05, 0.1) is 17.2 Å². The van der Waals surface area contributed by atoms with Gasteiger partial charge in [-0.2, -0.15) is 0 Å². The summed E-state index contributed by atoms with van der Waals surface area (Å²) in [6.45, 7) is 11.7. The maximum Gasteiger partial charge on any atom is 0.205 e. The molecule has 0 fully saturated rings. The van der Waals surface area contributed by atoms with Crippen molar-refractivity contribution >= 4 is 29.9 Å². The molecule has 0 atom stereocenters. The van der Waals surface area contributed by atoms with Crippen LogP contribution in [0.4, 0.5) is 5.69 Å². The maximum atomic E-state index is 11.7. The lowest BCUT2D eigenvalue weighted by molar-refractivity contribution is -0.109. The number of nitrogens with zero attached hydrogens (tertiary/aromatic N) is 2. The predicted octanol–water partition coefficient (Wildman–Crippen LogP) is 8.78. The average molecular weight is 617 g/mol. The summed E-state index contributed by atoms with van der Waals surface area (Å²) in [5.41, 5.74) is 8.91. The van der Waals surface area contributed by atoms with E-state index in [-0.39, 0.29) is 19.8 Å². The Kier molecular flexibility index (Phi) is 9.88. The number of aldehydes is 2. The van der Waals surface area contributed by atoms with Crippen LogP contribution in [0, 0.1) is 20.4 Å². The van der Waals surface area contributed by atoms with Gasteiger partial charge in [-0.05, 0) is 82.6 Å². The van der Waals surface area contributed by atoms with Crippen LogP contribution in [0.3, 0.4) is 0 Å². The SMILES string of the molecule is [C-]#[N+]c1cncc(COc2cc(OCc3cccc(-c4cccc(-c5ccc(OCC=O)cc5)c4C)c3C)c(Cl)cc2C=O)c1. The van der Waals surface area contributed by atoms with Crippen molar-refractivity contribution in [2.75, 3.05) is 6.61 Å². The highest BCUT2D eigenvalue weighted by Crippen LogP contribution is 2.36. The molecule has 1 heterocycles. The number of aromatic nitrogens is 1. The number of ether oxygens (including phenoxy) is 3. The zero-order chi connectivity index (χ0) is 31.8. The topological polar surface area (TPSA) is 79.1 Å². The first-order valence-corrected chi connectivity index (χ1v) is 14.5. The molecule has 5 aromatic rings. The van der Waals surface area contributed by atoms with Gasteiger partial charge in [0.1, 0.15) is 37.1 Å². The molecule has 0 saturated carbocycles. The summed E-state index contributed by atoms with van der Waals surface area (Å²) in [5, 5.41) is 0.293. The van der Waals surface area contributed by atoms with E-state index in [1.165, 1.54) is 12.3 Å². The number of benzene rings is 4. The monoisotopic (exact) mass is 616 g/mol. The number of hydrogen-bond donors (Lipinski definition) is 0. The molecule has 0 N–H and O–H groups in total. The third-order valence-electron chi connectivity index (χ3n) is 7.43. The lowest BCUT2D eigenvalue weighted by Gasteiger charge is -2.17. The first-order chi connectivity index (χ1) is 21.9. The van der Waals surface area contributed by atoms with Crippen LogP contribution in [0.1, 0.15) is 32.6 Å². The van der Waals surface area contributed by atoms with Gasteiger partial charge in [0.2, 0.25) is 5.69 Å². The summed E-state index contributed by atoms with van der Waals surface area (Å²) in [6, 6.07) is 24.9. The second kappa shape index (κ2) is 14.3. The van der Waals surface area contributed by atoms with Crippen molar-refractivity contribution in [3.63, 3.8) is 0 Å². The summed E-state index contributed by atoms with van der Waals surface area (Å²) in [7, 11) is 0. The third-order valence-corrected chi connectivity index (χ3v) is 7.73. The fourth-order valence-corrected chi connectivity index (χ4v) is 5.27. The van der Waals surface area contributed by atoms with Crippen molar-refractivity contribution < 1.29 is 23.8 Å². The molecule has 0 aliphatic heterocycles. The molecule has 4 aromatic carbocycles. The van der Waals surface area contributed by atoms with Crippen molar-refractivity contribution in [1.29, 1.82) is 0 Å². The summed E-state index contributed by atoms with van der Waals surface area (Å²) in [5.74, 6) is 1.35. The molecule has 8 heteroatoms. The molecule has 0 radical (unpaired) electrons. The van der Waals surface area contributed by atoms with Gasteiger partial charge < -0.3 is 14.2 Å². The van der Waals surface area contributed by atoms with E-state index in [4.69, 9.17) is 32.4 Å². The average Bonchev–Trinajstić information content (AvgIpc) is 3.07. The van der Waals surface area contributed by atoms with E-state index in [0.717, 1.165) is 45.2 Å². The molecule has 0 saturated heterocycles. The normalized spacial score (nSPS) is 10.5. The quantitative estimate of drug-likeness (QED) is 0.103. The number of carbonyl (C=O) groups is 2. The Morgan fingerprint density at radius 3 is 2.24 bits per heavy atom. The van der Waals surface area contributed by atoms with Crippen LogP contribution in [0.5, 0.6) is 17.2 Å². The van der Waals surface area contributed by atoms with Crippen molar-refractivity contribution in [2.24, 2.45) is 0 Å². The molecule has 1 aromatic heterocycles. The summed E-state index contributed by atoms with van der Waals surface area (Å²) < 4.78 is 17.5. The molecular weight excluding hydrogens is 588 g/mol. The molecule has 45 heavy (non-hydrogen) atoms. The van der Waals surface area contributed by atoms with E-state index in [2.05, 4.69) is 41.9 Å². The van der Waals surface area contributed by atoms with Gasteiger partial charge >= 0.3 is 0 Å². The molecule has 0 aliphatic carbocycles. The van der Waals surface area contributed by atoms with Gasteiger partial charge in [0.15, 0.2) is 12.6 Å². The maximum absolute atomic E-state index is 11.7. The Balaban J connectivity index is 1.36. The number of hydrogen-bond acceptors (Lipinski definition) is 6. The zero-order valence-electron chi connectivity index (χ0n) is 24.7. The van der Waals surface area contributed by atoms with Crippen LogP contribution in [0.15, 0.2) is 91.3 Å². The van der Waals surface area contributed by atoms with Crippen molar-refractivity contribution in [3.8, 4) is 39.5 Å². The smallest absolute Gasteiger partial charge is 0.205 e. The molecule has 7 nitrogen and oxygen atoms in total. The summed E-state index contributed by atoms with van der Waals surface area (Å²) in [6.07, 6.45) is 4.49. The third kappa shape index (κ3) is 7.20. The fraction of sp³-hybridized carbons (Fsp3) is 0.135. The molecule has 0 aliphatic rings. The van der Waals surface area contributed by atoms with Crippen LogP contribution in [0.2, 0.25) is 5.02 Å². The lowest BCUT2D eigenvalue weighted by atomic mass is 9.89. The predicted molar refractivity (Wildman–Crippen MR) is 174 cm³/mol. The van der Waals surface area contributed by atoms with E-state index in [1.807, 2.05) is 42.5 Å². The number of pyridine rings is 1. The Morgan fingerprint density at radius 2 is 1.51 bits per heavy atom. The van der Waals surface area contributed by atoms with Crippen LogP contribution in [-0.2, 0) is 18.0 Å². The van der Waals surface area contributed by atoms with Crippen molar-refractivity contribution in [3.05, 3.63) is 136 Å². The highest BCUT2D eigenvalue weighted by molar-refractivity contribution is 6.32. The Bertz CT molecular complexity index is 1900. The van der Waals surface area contributed by atoms with E-state index < -0.39 is 0 Å². The number of halogens is 1. The Morgan fingerprint density at radius 1 is 0.800 bits per heavy atom. The van der Waals surface area contributed by atoms with Gasteiger partial charge in [0.25, 0.3) is 0 Å². The Labute approximate surface area is 266 Å². The molecule has 0 unspecified atom stereocenters. The number of carbonyl (C=O) groups excluding carboxylic acids is 2. The van der Waals surface area contributed by atoms with Crippen LogP contribution < -0.4 is 14.2 Å². The van der Waals surface area contributed by atoms with Gasteiger partial charge in [0, 0.05) is 18.5 Å². The second-order valence-corrected chi connectivity index (χ2v) is 10.7.